The van der Waals surface area contributed by atoms with Crippen LogP contribution in [0.3, 0.4) is 0 Å². The Morgan fingerprint density at radius 2 is 1.34 bits per heavy atom. The van der Waals surface area contributed by atoms with Crippen molar-refractivity contribution in [2.24, 2.45) is 0 Å². The van der Waals surface area contributed by atoms with Crippen molar-refractivity contribution >= 4 is 65.2 Å². The van der Waals surface area contributed by atoms with Gasteiger partial charge in [0.05, 0.1) is 58.2 Å². The third-order valence-electron chi connectivity index (χ3n) is 11.8. The van der Waals surface area contributed by atoms with Gasteiger partial charge in [0.15, 0.2) is 12.3 Å². The predicted molar refractivity (Wildman–Crippen MR) is 242 cm³/mol. The zero-order chi connectivity index (χ0) is 49.9. The molecule has 23 heteroatoms. The lowest BCUT2D eigenvalue weighted by atomic mass is 9.76. The first-order valence-corrected chi connectivity index (χ1v) is 25.9. The van der Waals surface area contributed by atoms with Crippen molar-refractivity contribution in [3.8, 4) is 0 Å². The summed E-state index contributed by atoms with van der Waals surface area (Å²) in [6, 6.07) is 8.25. The van der Waals surface area contributed by atoms with Crippen LogP contribution >= 0.6 is 0 Å². The van der Waals surface area contributed by atoms with Crippen molar-refractivity contribution in [3.05, 3.63) is 95.8 Å². The van der Waals surface area contributed by atoms with Crippen LogP contribution in [0.15, 0.2) is 94.4 Å². The van der Waals surface area contributed by atoms with Gasteiger partial charge in [0.1, 0.15) is 26.8 Å². The van der Waals surface area contributed by atoms with E-state index < -0.39 is 69.6 Å². The number of hydroxylamine groups is 2. The number of hydrogen-bond acceptors (Lipinski definition) is 18. The van der Waals surface area contributed by atoms with E-state index in [0.29, 0.717) is 59.4 Å². The lowest BCUT2D eigenvalue weighted by Crippen LogP contribution is -2.32. The number of nitrogens with zero attached hydrogens (tertiary/aromatic N) is 3. The van der Waals surface area contributed by atoms with Gasteiger partial charge >= 0.3 is 5.97 Å². The maximum atomic E-state index is 12.2. The molecule has 20 nitrogen and oxygen atoms in total. The summed E-state index contributed by atoms with van der Waals surface area (Å²) in [6.07, 6.45) is 12.7. The van der Waals surface area contributed by atoms with Crippen molar-refractivity contribution in [1.29, 1.82) is 0 Å². The summed E-state index contributed by atoms with van der Waals surface area (Å²) in [5, 5.41) is 0.470. The molecule has 3 aliphatic heterocycles. The van der Waals surface area contributed by atoms with Gasteiger partial charge in [0.2, 0.25) is 5.69 Å². The third kappa shape index (κ3) is 13.4. The van der Waals surface area contributed by atoms with Gasteiger partial charge in [0, 0.05) is 80.5 Å². The Morgan fingerprint density at radius 1 is 0.735 bits per heavy atom. The van der Waals surface area contributed by atoms with Gasteiger partial charge in [-0.2, -0.15) is 4.58 Å². The predicted octanol–water partition coefficient (Wildman–Crippen LogP) is 3.22. The van der Waals surface area contributed by atoms with E-state index in [9.17, 15) is 53.3 Å². The molecule has 372 valence electrons. The van der Waals surface area contributed by atoms with E-state index in [0.717, 1.165) is 5.70 Å². The standard InChI is InChI=1S/C45H57N3O17S3/c1-44(20-10-30-66(52,53)54)35-31-33(67(55,56)57)13-15-37(35)46(22-26-62-4)39(44)11-8-6-5-7-9-12-40-45(2,21-25-61-3)36-32-34(68(58,59)60)14-16-38(36)47(40)23-27-64-29-28-63-24-19-43(51)65-48-41(49)17-18-42(48)50/h5-9,11-16,31-32H,10,17-30H2,1-4H3,(H2-,52,53,54,55,56,57,58,59,60)/p-2. The number of amides is 2. The lowest BCUT2D eigenvalue weighted by Gasteiger charge is -2.30. The molecule has 0 saturated carbocycles. The average Bonchev–Trinajstić information content (AvgIpc) is 3.80. The third-order valence-corrected chi connectivity index (χ3v) is 14.3. The SMILES string of the molecule is COCC[N+]1=C(/C=C/C=C/C=C/C=C2/N(CCOCCOCCC(=O)ON3C(=O)CCC3=O)c3ccc(S(=O)(=O)[O-])cc3C2(C)CCOC)C(C)(CCCS(=O)(=O)[O-])c2cc(S(=O)(=O)[O-])ccc21. The van der Waals surface area contributed by atoms with Gasteiger partial charge in [0.25, 0.3) is 11.8 Å². The summed E-state index contributed by atoms with van der Waals surface area (Å²) in [5.74, 6) is -2.59. The van der Waals surface area contributed by atoms with Crippen LogP contribution in [0.1, 0.15) is 63.5 Å². The minimum atomic E-state index is -4.84. The van der Waals surface area contributed by atoms with Gasteiger partial charge in [-0.25, -0.2) is 30.0 Å². The number of benzene rings is 2. The van der Waals surface area contributed by atoms with Crippen molar-refractivity contribution in [1.82, 2.24) is 5.06 Å². The molecule has 5 rings (SSSR count). The normalized spacial score (nSPS) is 20.6. The Hall–Kier alpha value is -4.95. The Morgan fingerprint density at radius 3 is 1.97 bits per heavy atom. The number of fused-ring (bicyclic) bond motifs is 2. The molecular weight excluding hydrogens is 951 g/mol. The van der Waals surface area contributed by atoms with Crippen LogP contribution in [0.4, 0.5) is 11.4 Å². The molecule has 0 spiro atoms. The summed E-state index contributed by atoms with van der Waals surface area (Å²) in [6.45, 7) is 5.29. The highest BCUT2D eigenvalue weighted by Gasteiger charge is 2.48. The number of anilines is 1. The number of rotatable bonds is 26. The molecular formula is C45H55N3O17S3-2. The summed E-state index contributed by atoms with van der Waals surface area (Å²) in [4.78, 5) is 41.4. The highest BCUT2D eigenvalue weighted by atomic mass is 32.2. The second-order valence-electron chi connectivity index (χ2n) is 16.4. The molecule has 0 bridgehead atoms. The van der Waals surface area contributed by atoms with Gasteiger partial charge in [-0.05, 0) is 75.1 Å². The second-order valence-corrected chi connectivity index (χ2v) is 20.7. The molecule has 68 heavy (non-hydrogen) atoms. The maximum Gasteiger partial charge on any atom is 0.335 e. The largest absolute Gasteiger partial charge is 0.748 e. The number of allylic oxidation sites excluding steroid dienone is 8. The summed E-state index contributed by atoms with van der Waals surface area (Å²) in [7, 11) is -11.1. The molecule has 2 amide bonds. The number of imide groups is 1. The van der Waals surface area contributed by atoms with Crippen molar-refractivity contribution in [2.45, 2.75) is 73.0 Å². The first-order valence-electron chi connectivity index (χ1n) is 21.5. The van der Waals surface area contributed by atoms with E-state index in [1.165, 1.54) is 37.4 Å². The number of methoxy groups -OCH3 is 2. The molecule has 0 radical (unpaired) electrons. The number of ether oxygens (including phenoxy) is 4. The molecule has 1 fully saturated rings. The van der Waals surface area contributed by atoms with Gasteiger partial charge in [-0.1, -0.05) is 30.4 Å². The van der Waals surface area contributed by atoms with E-state index in [2.05, 4.69) is 0 Å². The van der Waals surface area contributed by atoms with Crippen LogP contribution in [0.2, 0.25) is 0 Å². The second kappa shape index (κ2) is 23.1. The van der Waals surface area contributed by atoms with Crippen LogP contribution in [0.25, 0.3) is 0 Å². The maximum absolute atomic E-state index is 12.2. The van der Waals surface area contributed by atoms with Gasteiger partial charge in [-0.15, -0.1) is 5.06 Å². The highest BCUT2D eigenvalue weighted by Crippen LogP contribution is 2.50. The molecule has 2 aromatic carbocycles. The minimum absolute atomic E-state index is 0.0163. The minimum Gasteiger partial charge on any atom is -0.748 e. The molecule has 2 aromatic rings. The summed E-state index contributed by atoms with van der Waals surface area (Å²) in [5.41, 5.74) is 1.90. The molecule has 0 aliphatic carbocycles. The molecule has 0 aromatic heterocycles. The van der Waals surface area contributed by atoms with E-state index >= 15 is 0 Å². The molecule has 3 aliphatic rings. The number of carbonyl (C=O) groups is 3. The molecule has 3 heterocycles. The van der Waals surface area contributed by atoms with Crippen LogP contribution in [-0.4, -0.2) is 145 Å². The number of hydrogen-bond donors (Lipinski definition) is 0. The van der Waals surface area contributed by atoms with E-state index in [-0.39, 0.29) is 70.0 Å². The Kier molecular flexibility index (Phi) is 18.3. The van der Waals surface area contributed by atoms with Crippen LogP contribution in [0, 0.1) is 0 Å². The lowest BCUT2D eigenvalue weighted by molar-refractivity contribution is -0.441. The quantitative estimate of drug-likeness (QED) is 0.0430. The summed E-state index contributed by atoms with van der Waals surface area (Å²) < 4.78 is 131. The zero-order valence-corrected chi connectivity index (χ0v) is 40.6. The van der Waals surface area contributed by atoms with E-state index in [1.807, 2.05) is 22.5 Å². The molecule has 0 N–H and O–H groups in total. The number of carbonyl (C=O) groups excluding carboxylic acids is 3. The summed E-state index contributed by atoms with van der Waals surface area (Å²) >= 11 is 0. The first kappa shape index (κ1) is 54.0. The van der Waals surface area contributed by atoms with Gasteiger partial charge in [-0.3, -0.25) is 9.59 Å². The van der Waals surface area contributed by atoms with Crippen molar-refractivity contribution in [2.75, 3.05) is 77.6 Å². The van der Waals surface area contributed by atoms with E-state index in [4.69, 9.17) is 23.8 Å². The molecule has 2 atom stereocenters. The molecule has 1 saturated heterocycles. The molecule has 2 unspecified atom stereocenters. The van der Waals surface area contributed by atoms with Crippen molar-refractivity contribution < 1.29 is 81.7 Å². The monoisotopic (exact) mass is 1010 g/mol. The fourth-order valence-electron chi connectivity index (χ4n) is 8.40. The topological polar surface area (TPSA) is 278 Å². The smallest absolute Gasteiger partial charge is 0.335 e. The fourth-order valence-corrected chi connectivity index (χ4v) is 9.89. The highest BCUT2D eigenvalue weighted by molar-refractivity contribution is 7.86. The van der Waals surface area contributed by atoms with Crippen LogP contribution in [0.5, 0.6) is 0 Å². The van der Waals surface area contributed by atoms with E-state index in [1.54, 1.807) is 56.6 Å². The Bertz CT molecular complexity index is 2700. The average molecular weight is 1010 g/mol. The Labute approximate surface area is 396 Å². The Balaban J connectivity index is 1.34. The van der Waals surface area contributed by atoms with Crippen molar-refractivity contribution in [3.63, 3.8) is 0 Å². The first-order chi connectivity index (χ1) is 32.0. The van der Waals surface area contributed by atoms with Crippen LogP contribution in [-0.2, 0) is 79.4 Å². The van der Waals surface area contributed by atoms with Gasteiger partial charge < -0.3 is 42.3 Å². The fraction of sp³-hybridized carbons (Fsp3) is 0.467. The van der Waals surface area contributed by atoms with Crippen LogP contribution < -0.4 is 4.90 Å². The zero-order valence-electron chi connectivity index (χ0n) is 38.1.